The second-order valence-corrected chi connectivity index (χ2v) is 3.87. The summed E-state index contributed by atoms with van der Waals surface area (Å²) in [6.07, 6.45) is -1.16. The van der Waals surface area contributed by atoms with Gasteiger partial charge in [-0.1, -0.05) is 43.9 Å². The number of carbonyl (C=O) groups excluding carboxylic acids is 1. The molecule has 0 saturated heterocycles. The Morgan fingerprint density at radius 2 is 1.88 bits per heavy atom. The van der Waals surface area contributed by atoms with Crippen molar-refractivity contribution in [3.8, 4) is 11.8 Å². The van der Waals surface area contributed by atoms with Crippen molar-refractivity contribution in [2.45, 2.75) is 20.0 Å². The van der Waals surface area contributed by atoms with Crippen molar-refractivity contribution in [1.82, 2.24) is 0 Å². The third-order valence-electron chi connectivity index (χ3n) is 2.13. The minimum Gasteiger partial charge on any atom is -0.438 e. The van der Waals surface area contributed by atoms with E-state index in [1.165, 1.54) is 7.11 Å². The molecule has 1 aromatic carbocycles. The standard InChI is InChI=1S/C14H16O3/c1-11(2)13(17-14(15)16-3)10-9-12-7-5-4-6-8-12/h4-8,11,13H,1-3H3. The highest BCUT2D eigenvalue weighted by atomic mass is 16.7. The molecular weight excluding hydrogens is 216 g/mol. The van der Waals surface area contributed by atoms with Crippen LogP contribution in [0.2, 0.25) is 0 Å². The van der Waals surface area contributed by atoms with E-state index in [1.54, 1.807) is 0 Å². The van der Waals surface area contributed by atoms with Gasteiger partial charge >= 0.3 is 6.16 Å². The molecule has 0 amide bonds. The maximum absolute atomic E-state index is 11.0. The van der Waals surface area contributed by atoms with Crippen molar-refractivity contribution in [2.24, 2.45) is 5.92 Å². The summed E-state index contributed by atoms with van der Waals surface area (Å²) < 4.78 is 9.50. The molecule has 3 heteroatoms. The van der Waals surface area contributed by atoms with Crippen molar-refractivity contribution in [1.29, 1.82) is 0 Å². The molecule has 0 spiro atoms. The summed E-state index contributed by atoms with van der Waals surface area (Å²) in [5.41, 5.74) is 0.895. The summed E-state index contributed by atoms with van der Waals surface area (Å²) >= 11 is 0. The Hall–Kier alpha value is -1.95. The molecule has 0 fully saturated rings. The normalized spacial score (nSPS) is 11.3. The van der Waals surface area contributed by atoms with Crippen molar-refractivity contribution in [3.05, 3.63) is 35.9 Å². The molecule has 17 heavy (non-hydrogen) atoms. The first-order chi connectivity index (χ1) is 8.13. The first-order valence-corrected chi connectivity index (χ1v) is 5.44. The van der Waals surface area contributed by atoms with Crippen molar-refractivity contribution in [2.75, 3.05) is 7.11 Å². The Labute approximate surface area is 102 Å². The number of benzene rings is 1. The number of hydrogen-bond acceptors (Lipinski definition) is 3. The van der Waals surface area contributed by atoms with Crippen LogP contribution in [0.25, 0.3) is 0 Å². The van der Waals surface area contributed by atoms with Gasteiger partial charge in [0.15, 0.2) is 6.10 Å². The predicted molar refractivity (Wildman–Crippen MR) is 65.4 cm³/mol. The van der Waals surface area contributed by atoms with Crippen LogP contribution in [0.15, 0.2) is 30.3 Å². The molecule has 0 radical (unpaired) electrons. The molecule has 0 aliphatic carbocycles. The summed E-state index contributed by atoms with van der Waals surface area (Å²) in [5, 5.41) is 0. The lowest BCUT2D eigenvalue weighted by Gasteiger charge is -2.14. The van der Waals surface area contributed by atoms with E-state index in [4.69, 9.17) is 4.74 Å². The number of ether oxygens (including phenoxy) is 2. The van der Waals surface area contributed by atoms with Gasteiger partial charge in [0.25, 0.3) is 0 Å². The van der Waals surface area contributed by atoms with Gasteiger partial charge < -0.3 is 9.47 Å². The first kappa shape index (κ1) is 13.1. The van der Waals surface area contributed by atoms with Crippen LogP contribution < -0.4 is 0 Å². The van der Waals surface area contributed by atoms with Gasteiger partial charge in [-0.15, -0.1) is 0 Å². The third-order valence-corrected chi connectivity index (χ3v) is 2.13. The number of rotatable bonds is 2. The van der Waals surface area contributed by atoms with Crippen LogP contribution >= 0.6 is 0 Å². The minimum absolute atomic E-state index is 0.116. The average molecular weight is 232 g/mol. The van der Waals surface area contributed by atoms with E-state index in [0.717, 1.165) is 5.56 Å². The molecule has 0 heterocycles. The van der Waals surface area contributed by atoms with Crippen molar-refractivity contribution >= 4 is 6.16 Å². The maximum Gasteiger partial charge on any atom is 0.509 e. The summed E-state index contributed by atoms with van der Waals surface area (Å²) in [4.78, 5) is 11.0. The van der Waals surface area contributed by atoms with Crippen LogP contribution in [0.1, 0.15) is 19.4 Å². The minimum atomic E-state index is -0.703. The lowest BCUT2D eigenvalue weighted by molar-refractivity contribution is 0.0414. The fourth-order valence-electron chi connectivity index (χ4n) is 1.16. The van der Waals surface area contributed by atoms with Gasteiger partial charge in [-0.2, -0.15) is 0 Å². The van der Waals surface area contributed by atoms with E-state index in [9.17, 15) is 4.79 Å². The molecule has 0 aliphatic heterocycles. The van der Waals surface area contributed by atoms with E-state index in [-0.39, 0.29) is 5.92 Å². The van der Waals surface area contributed by atoms with Gasteiger partial charge in [0.1, 0.15) is 0 Å². The van der Waals surface area contributed by atoms with Crippen LogP contribution in [0.5, 0.6) is 0 Å². The molecule has 90 valence electrons. The highest BCUT2D eigenvalue weighted by molar-refractivity contribution is 5.60. The van der Waals surface area contributed by atoms with E-state index in [0.29, 0.717) is 0 Å². The first-order valence-electron chi connectivity index (χ1n) is 5.44. The Morgan fingerprint density at radius 3 is 2.41 bits per heavy atom. The highest BCUT2D eigenvalue weighted by Gasteiger charge is 2.15. The van der Waals surface area contributed by atoms with Crippen LogP contribution in [-0.4, -0.2) is 19.4 Å². The molecule has 0 aromatic heterocycles. The zero-order valence-electron chi connectivity index (χ0n) is 10.3. The van der Waals surface area contributed by atoms with Gasteiger partial charge in [-0.05, 0) is 12.1 Å². The average Bonchev–Trinajstić information content (AvgIpc) is 2.35. The SMILES string of the molecule is COC(=O)OC(C#Cc1ccccc1)C(C)C. The Kier molecular flexibility index (Phi) is 5.09. The third kappa shape index (κ3) is 4.60. The molecule has 1 aromatic rings. The van der Waals surface area contributed by atoms with Crippen LogP contribution in [-0.2, 0) is 9.47 Å². The molecule has 1 atom stereocenters. The summed E-state index contributed by atoms with van der Waals surface area (Å²) in [6.45, 7) is 3.88. The van der Waals surface area contributed by atoms with Crippen LogP contribution in [0.4, 0.5) is 4.79 Å². The maximum atomic E-state index is 11.0. The zero-order chi connectivity index (χ0) is 12.7. The van der Waals surface area contributed by atoms with Gasteiger partial charge in [-0.3, -0.25) is 0 Å². The van der Waals surface area contributed by atoms with Gasteiger partial charge in [0, 0.05) is 11.5 Å². The van der Waals surface area contributed by atoms with Crippen molar-refractivity contribution in [3.63, 3.8) is 0 Å². The second kappa shape index (κ2) is 6.59. The van der Waals surface area contributed by atoms with Gasteiger partial charge in [0.05, 0.1) is 7.11 Å². The molecule has 0 bridgehead atoms. The van der Waals surface area contributed by atoms with E-state index in [2.05, 4.69) is 16.6 Å². The Bertz CT molecular complexity index is 412. The molecule has 0 saturated carbocycles. The molecular formula is C14H16O3. The lowest BCUT2D eigenvalue weighted by Crippen LogP contribution is -2.22. The molecule has 1 rings (SSSR count). The Balaban J connectivity index is 2.74. The molecule has 0 N–H and O–H groups in total. The fourth-order valence-corrected chi connectivity index (χ4v) is 1.16. The van der Waals surface area contributed by atoms with Crippen LogP contribution in [0.3, 0.4) is 0 Å². The topological polar surface area (TPSA) is 35.5 Å². The molecule has 0 aliphatic rings. The van der Waals surface area contributed by atoms with E-state index >= 15 is 0 Å². The largest absolute Gasteiger partial charge is 0.509 e. The lowest BCUT2D eigenvalue weighted by atomic mass is 10.1. The monoisotopic (exact) mass is 232 g/mol. The van der Waals surface area contributed by atoms with E-state index in [1.807, 2.05) is 44.2 Å². The quantitative estimate of drug-likeness (QED) is 0.581. The smallest absolute Gasteiger partial charge is 0.438 e. The highest BCUT2D eigenvalue weighted by Crippen LogP contribution is 2.07. The molecule has 3 nitrogen and oxygen atoms in total. The van der Waals surface area contributed by atoms with Crippen molar-refractivity contribution < 1.29 is 14.3 Å². The summed E-state index contributed by atoms with van der Waals surface area (Å²) in [6, 6.07) is 9.56. The second-order valence-electron chi connectivity index (χ2n) is 3.87. The predicted octanol–water partition coefficient (Wildman–Crippen LogP) is 2.85. The summed E-state index contributed by atoms with van der Waals surface area (Å²) in [5.74, 6) is 6.02. The summed E-state index contributed by atoms with van der Waals surface area (Å²) in [7, 11) is 1.28. The molecule has 1 unspecified atom stereocenters. The Morgan fingerprint density at radius 1 is 1.24 bits per heavy atom. The van der Waals surface area contributed by atoms with Gasteiger partial charge in [-0.25, -0.2) is 4.79 Å². The number of methoxy groups -OCH3 is 1. The zero-order valence-corrected chi connectivity index (χ0v) is 10.3. The fraction of sp³-hybridized carbons (Fsp3) is 0.357. The van der Waals surface area contributed by atoms with E-state index < -0.39 is 12.3 Å². The number of carbonyl (C=O) groups is 1. The van der Waals surface area contributed by atoms with Gasteiger partial charge in [0.2, 0.25) is 0 Å². The van der Waals surface area contributed by atoms with Crippen LogP contribution in [0, 0.1) is 17.8 Å². The number of hydrogen-bond donors (Lipinski definition) is 0.